The average molecular weight is 730 g/mol. The van der Waals surface area contributed by atoms with Gasteiger partial charge >= 0.3 is 0 Å². The number of nitrogens with zero attached hydrogens (tertiary/aromatic N) is 2. The molecule has 53 heavy (non-hydrogen) atoms. The molecule has 0 fully saturated rings. The Hall–Kier alpha value is -4.66. The number of carbonyl (C=O) groups is 4. The van der Waals surface area contributed by atoms with Gasteiger partial charge in [0, 0.05) is 63.5 Å². The molecule has 3 aromatic rings. The molecule has 13 heteroatoms. The largest absolute Gasteiger partial charge is 0.385 e. The van der Waals surface area contributed by atoms with Gasteiger partial charge in [0.2, 0.25) is 6.41 Å². The molecule has 284 valence electrons. The summed E-state index contributed by atoms with van der Waals surface area (Å²) in [5.41, 5.74) is 9.78. The van der Waals surface area contributed by atoms with Gasteiger partial charge in [-0.3, -0.25) is 29.0 Å². The first kappa shape index (κ1) is 39.5. The molecular formula is C40H51N5O8. The molecule has 0 saturated carbocycles. The second kappa shape index (κ2) is 20.0. The molecule has 1 heterocycles. The van der Waals surface area contributed by atoms with Crippen LogP contribution in [0.4, 0.5) is 11.4 Å². The van der Waals surface area contributed by atoms with Gasteiger partial charge in [-0.1, -0.05) is 31.2 Å². The van der Waals surface area contributed by atoms with Crippen LogP contribution >= 0.6 is 0 Å². The van der Waals surface area contributed by atoms with E-state index in [4.69, 9.17) is 24.7 Å². The van der Waals surface area contributed by atoms with Gasteiger partial charge in [0.25, 0.3) is 17.7 Å². The van der Waals surface area contributed by atoms with Crippen LogP contribution in [-0.4, -0.2) is 120 Å². The van der Waals surface area contributed by atoms with E-state index in [1.807, 2.05) is 37.3 Å². The van der Waals surface area contributed by atoms with Crippen LogP contribution in [0.2, 0.25) is 0 Å². The van der Waals surface area contributed by atoms with E-state index in [-0.39, 0.29) is 51.3 Å². The topological polar surface area (TPSA) is 162 Å². The molecule has 0 bridgehead atoms. The summed E-state index contributed by atoms with van der Waals surface area (Å²) in [6.07, 6.45) is 4.83. The molecule has 2 aliphatic rings. The number of nitrogens with one attached hydrogen (secondary N) is 2. The summed E-state index contributed by atoms with van der Waals surface area (Å²) in [4.78, 5) is 54.7. The standard InChI is InChI=1S/C40H51N5O8/c1-3-15-42-34-12-10-32(36-28(2)6-4-7-29(34)36)38(47)44(27-46)17-21-52-25-26-53-22-18-45-39(48)31-9-5-8-30-35(13-11-33(37(30)31)40(45)49)43-16-20-51-24-23-50-19-14-41/h4,6-8,10-13,27,42-43H,3,5,9,14-26,41H2,1-2H3. The zero-order valence-electron chi connectivity index (χ0n) is 30.7. The molecule has 4 N–H and O–H groups in total. The normalized spacial score (nSPS) is 13.6. The van der Waals surface area contributed by atoms with E-state index in [2.05, 4.69) is 23.6 Å². The number of carbonyl (C=O) groups excluding carboxylic acids is 4. The lowest BCUT2D eigenvalue weighted by molar-refractivity contribution is -0.124. The van der Waals surface area contributed by atoms with E-state index in [9.17, 15) is 19.2 Å². The third-order valence-corrected chi connectivity index (χ3v) is 9.21. The Balaban J connectivity index is 1.07. The molecule has 0 spiro atoms. The minimum atomic E-state index is -0.391. The summed E-state index contributed by atoms with van der Waals surface area (Å²) in [6.45, 7) is 8.75. The van der Waals surface area contributed by atoms with Crippen molar-refractivity contribution in [3.8, 4) is 0 Å². The lowest BCUT2D eigenvalue weighted by Crippen LogP contribution is -2.52. The van der Waals surface area contributed by atoms with Crippen molar-refractivity contribution in [2.75, 3.05) is 96.2 Å². The van der Waals surface area contributed by atoms with E-state index in [1.165, 1.54) is 4.90 Å². The first-order chi connectivity index (χ1) is 25.9. The second-order valence-electron chi connectivity index (χ2n) is 12.8. The molecule has 4 amide bonds. The van der Waals surface area contributed by atoms with E-state index in [1.54, 1.807) is 12.1 Å². The number of hydrogen-bond donors (Lipinski definition) is 3. The fourth-order valence-corrected chi connectivity index (χ4v) is 6.63. The highest BCUT2D eigenvalue weighted by Gasteiger charge is 2.33. The van der Waals surface area contributed by atoms with Crippen LogP contribution < -0.4 is 26.8 Å². The van der Waals surface area contributed by atoms with Crippen molar-refractivity contribution >= 4 is 57.9 Å². The average Bonchev–Trinajstić information content (AvgIpc) is 3.17. The van der Waals surface area contributed by atoms with Gasteiger partial charge < -0.3 is 35.3 Å². The Kier molecular flexibility index (Phi) is 14.9. The van der Waals surface area contributed by atoms with Crippen molar-refractivity contribution in [2.24, 2.45) is 5.73 Å². The third kappa shape index (κ3) is 9.67. The third-order valence-electron chi connectivity index (χ3n) is 9.21. The van der Waals surface area contributed by atoms with Crippen LogP contribution in [0.15, 0.2) is 42.5 Å². The monoisotopic (exact) mass is 729 g/mol. The van der Waals surface area contributed by atoms with Crippen LogP contribution in [0.5, 0.6) is 0 Å². The molecule has 1 aliphatic carbocycles. The van der Waals surface area contributed by atoms with E-state index < -0.39 is 5.91 Å². The van der Waals surface area contributed by atoms with Gasteiger partial charge in [-0.2, -0.15) is 0 Å². The second-order valence-corrected chi connectivity index (χ2v) is 12.8. The van der Waals surface area contributed by atoms with E-state index >= 15 is 0 Å². The fourth-order valence-electron chi connectivity index (χ4n) is 6.63. The van der Waals surface area contributed by atoms with Crippen LogP contribution in [0, 0.1) is 6.92 Å². The first-order valence-electron chi connectivity index (χ1n) is 18.4. The summed E-state index contributed by atoms with van der Waals surface area (Å²) < 4.78 is 22.3. The minimum absolute atomic E-state index is 0.0792. The number of benzene rings is 3. The molecule has 5 rings (SSSR count). The van der Waals surface area contributed by atoms with Crippen molar-refractivity contribution in [1.82, 2.24) is 9.80 Å². The quantitative estimate of drug-likeness (QED) is 0.0747. The van der Waals surface area contributed by atoms with Gasteiger partial charge in [-0.25, -0.2) is 0 Å². The zero-order valence-corrected chi connectivity index (χ0v) is 30.7. The van der Waals surface area contributed by atoms with Gasteiger partial charge in [0.15, 0.2) is 0 Å². The number of aryl methyl sites for hydroxylation is 1. The van der Waals surface area contributed by atoms with Gasteiger partial charge in [-0.15, -0.1) is 0 Å². The summed E-state index contributed by atoms with van der Waals surface area (Å²) in [6, 6.07) is 13.2. The van der Waals surface area contributed by atoms with Crippen LogP contribution in [0.1, 0.15) is 52.5 Å². The maximum atomic E-state index is 13.5. The van der Waals surface area contributed by atoms with Gasteiger partial charge in [0.05, 0.1) is 65.9 Å². The highest BCUT2D eigenvalue weighted by Crippen LogP contribution is 2.30. The Bertz CT molecular complexity index is 1900. The van der Waals surface area contributed by atoms with Crippen molar-refractivity contribution in [3.05, 3.63) is 69.6 Å². The van der Waals surface area contributed by atoms with E-state index in [0.717, 1.165) is 50.8 Å². The molecule has 0 atom stereocenters. The smallest absolute Gasteiger partial charge is 0.261 e. The molecule has 13 nitrogen and oxygen atoms in total. The number of ether oxygens (including phenoxy) is 4. The lowest BCUT2D eigenvalue weighted by Gasteiger charge is -2.28. The number of anilines is 2. The number of nitrogens with two attached hydrogens (primary N) is 1. The van der Waals surface area contributed by atoms with Gasteiger partial charge in [-0.05, 0) is 61.4 Å². The number of amides is 4. The highest BCUT2D eigenvalue weighted by molar-refractivity contribution is 6.25. The molecule has 0 radical (unpaired) electrons. The molecule has 0 unspecified atom stereocenters. The Morgan fingerprint density at radius 2 is 1.58 bits per heavy atom. The molecule has 0 saturated heterocycles. The van der Waals surface area contributed by atoms with Crippen LogP contribution in [0.25, 0.3) is 22.4 Å². The van der Waals surface area contributed by atoms with Crippen molar-refractivity contribution in [2.45, 2.75) is 33.1 Å². The molecule has 0 aromatic heterocycles. The van der Waals surface area contributed by atoms with Gasteiger partial charge in [0.1, 0.15) is 0 Å². The Labute approximate surface area is 310 Å². The Morgan fingerprint density at radius 1 is 0.868 bits per heavy atom. The van der Waals surface area contributed by atoms with Crippen LogP contribution in [0.3, 0.4) is 0 Å². The minimum Gasteiger partial charge on any atom is -0.385 e. The number of imide groups is 2. The lowest BCUT2D eigenvalue weighted by atomic mass is 9.91. The number of rotatable bonds is 23. The number of hydrogen-bond acceptors (Lipinski definition) is 11. The molecular weight excluding hydrogens is 678 g/mol. The van der Waals surface area contributed by atoms with Crippen molar-refractivity contribution in [3.63, 3.8) is 0 Å². The van der Waals surface area contributed by atoms with Crippen LogP contribution in [-0.2, 0) is 28.5 Å². The Morgan fingerprint density at radius 3 is 2.34 bits per heavy atom. The zero-order chi connectivity index (χ0) is 37.6. The summed E-state index contributed by atoms with van der Waals surface area (Å²) >= 11 is 0. The van der Waals surface area contributed by atoms with Crippen molar-refractivity contribution in [1.29, 1.82) is 0 Å². The summed E-state index contributed by atoms with van der Waals surface area (Å²) in [5, 5.41) is 10.1. The molecule has 1 aliphatic heterocycles. The fraction of sp³-hybridized carbons (Fsp3) is 0.450. The SMILES string of the molecule is CCCNc1ccc(C(=O)N(C=O)CCOCCOCCN2C(=O)C3=c4c(ccc(NCCOCCOCCN)c4=CCC3)C2=O)c2c(C)cccc12. The summed E-state index contributed by atoms with van der Waals surface area (Å²) in [7, 11) is 0. The van der Waals surface area contributed by atoms with E-state index in [0.29, 0.717) is 80.7 Å². The maximum Gasteiger partial charge on any atom is 0.261 e. The predicted molar refractivity (Wildman–Crippen MR) is 204 cm³/mol. The summed E-state index contributed by atoms with van der Waals surface area (Å²) in [5.74, 6) is -1.02. The maximum absolute atomic E-state index is 13.5. The predicted octanol–water partition coefficient (Wildman–Crippen LogP) is 2.41. The van der Waals surface area contributed by atoms with Crippen molar-refractivity contribution < 1.29 is 38.1 Å². The number of fused-ring (bicyclic) bond motifs is 1. The first-order valence-corrected chi connectivity index (χ1v) is 18.4. The molecule has 3 aromatic carbocycles. The highest BCUT2D eigenvalue weighted by atomic mass is 16.5.